The first-order valence-electron chi connectivity index (χ1n) is 5.50. The van der Waals surface area contributed by atoms with Gasteiger partial charge in [0.25, 0.3) is 0 Å². The highest BCUT2D eigenvalue weighted by Crippen LogP contribution is 2.17. The maximum atomic E-state index is 9.79. The highest BCUT2D eigenvalue weighted by molar-refractivity contribution is 4.82. The summed E-state index contributed by atoms with van der Waals surface area (Å²) in [4.78, 5) is 2.34. The molecule has 3 heteroatoms. The van der Waals surface area contributed by atoms with Crippen molar-refractivity contribution in [2.75, 3.05) is 19.7 Å². The van der Waals surface area contributed by atoms with Crippen LogP contribution in [0.15, 0.2) is 0 Å². The number of nitrogens with zero attached hydrogens (tertiary/aromatic N) is 1. The quantitative estimate of drug-likeness (QED) is 0.746. The van der Waals surface area contributed by atoms with Crippen LogP contribution in [0.3, 0.4) is 0 Å². The Labute approximate surface area is 87.1 Å². The van der Waals surface area contributed by atoms with E-state index in [9.17, 15) is 5.11 Å². The first-order valence-corrected chi connectivity index (χ1v) is 5.50. The van der Waals surface area contributed by atoms with Gasteiger partial charge in [-0.15, -0.1) is 0 Å². The van der Waals surface area contributed by atoms with E-state index in [0.29, 0.717) is 12.1 Å². The first kappa shape index (κ1) is 12.0. The van der Waals surface area contributed by atoms with Gasteiger partial charge in [-0.3, -0.25) is 4.90 Å². The molecule has 1 rings (SSSR count). The Bertz CT molecular complexity index is 177. The van der Waals surface area contributed by atoms with Crippen LogP contribution in [0.25, 0.3) is 0 Å². The summed E-state index contributed by atoms with van der Waals surface area (Å²) >= 11 is 0. The van der Waals surface area contributed by atoms with Gasteiger partial charge in [0.1, 0.15) is 0 Å². The van der Waals surface area contributed by atoms with Crippen molar-refractivity contribution in [3.63, 3.8) is 0 Å². The largest absolute Gasteiger partial charge is 0.389 e. The highest BCUT2D eigenvalue weighted by Gasteiger charge is 2.29. The number of rotatable bonds is 3. The molecule has 0 aromatic rings. The number of morpholine rings is 1. The fourth-order valence-electron chi connectivity index (χ4n) is 1.98. The molecule has 2 unspecified atom stereocenters. The van der Waals surface area contributed by atoms with E-state index in [1.54, 1.807) is 0 Å². The third kappa shape index (κ3) is 3.56. The molecule has 0 aliphatic carbocycles. The monoisotopic (exact) mass is 201 g/mol. The standard InChI is InChI=1S/C11H23NO2/c1-5-10-7-14-9(2)6-12(10)8-11(3,4)13/h9-10,13H,5-8H2,1-4H3. The van der Waals surface area contributed by atoms with Gasteiger partial charge in [0.05, 0.1) is 18.3 Å². The molecular weight excluding hydrogens is 178 g/mol. The Balaban J connectivity index is 2.53. The van der Waals surface area contributed by atoms with Crippen LogP contribution in [0.1, 0.15) is 34.1 Å². The van der Waals surface area contributed by atoms with Crippen LogP contribution in [-0.4, -0.2) is 47.4 Å². The Morgan fingerprint density at radius 3 is 2.64 bits per heavy atom. The van der Waals surface area contributed by atoms with Crippen molar-refractivity contribution in [1.82, 2.24) is 4.90 Å². The van der Waals surface area contributed by atoms with Gasteiger partial charge in [0, 0.05) is 19.1 Å². The molecule has 0 radical (unpaired) electrons. The molecular formula is C11H23NO2. The van der Waals surface area contributed by atoms with Crippen molar-refractivity contribution in [1.29, 1.82) is 0 Å². The van der Waals surface area contributed by atoms with E-state index in [4.69, 9.17) is 4.74 Å². The predicted octanol–water partition coefficient (Wildman–Crippen LogP) is 1.26. The van der Waals surface area contributed by atoms with Crippen molar-refractivity contribution >= 4 is 0 Å². The average molecular weight is 201 g/mol. The second kappa shape index (κ2) is 4.60. The number of ether oxygens (including phenoxy) is 1. The summed E-state index contributed by atoms with van der Waals surface area (Å²) in [6.45, 7) is 10.4. The molecule has 84 valence electrons. The van der Waals surface area contributed by atoms with E-state index in [0.717, 1.165) is 26.1 Å². The Morgan fingerprint density at radius 2 is 2.14 bits per heavy atom. The zero-order valence-electron chi connectivity index (χ0n) is 9.79. The summed E-state index contributed by atoms with van der Waals surface area (Å²) in [6.07, 6.45) is 1.38. The van der Waals surface area contributed by atoms with Crippen LogP contribution in [0.4, 0.5) is 0 Å². The lowest BCUT2D eigenvalue weighted by atomic mass is 10.1. The molecule has 0 aromatic heterocycles. The van der Waals surface area contributed by atoms with Gasteiger partial charge in [0.15, 0.2) is 0 Å². The van der Waals surface area contributed by atoms with Crippen LogP contribution < -0.4 is 0 Å². The molecule has 0 bridgehead atoms. The summed E-state index contributed by atoms with van der Waals surface area (Å²) in [5.74, 6) is 0. The van der Waals surface area contributed by atoms with Gasteiger partial charge >= 0.3 is 0 Å². The van der Waals surface area contributed by atoms with E-state index >= 15 is 0 Å². The third-order valence-electron chi connectivity index (χ3n) is 2.64. The van der Waals surface area contributed by atoms with Crippen LogP contribution in [-0.2, 0) is 4.74 Å². The molecule has 14 heavy (non-hydrogen) atoms. The lowest BCUT2D eigenvalue weighted by Crippen LogP contribution is -2.53. The molecule has 1 aliphatic heterocycles. The van der Waals surface area contributed by atoms with Crippen molar-refractivity contribution in [3.05, 3.63) is 0 Å². The first-order chi connectivity index (χ1) is 6.42. The Kier molecular flexibility index (Phi) is 3.93. The fourth-order valence-corrected chi connectivity index (χ4v) is 1.98. The van der Waals surface area contributed by atoms with Crippen LogP contribution >= 0.6 is 0 Å². The number of hydrogen-bond donors (Lipinski definition) is 1. The van der Waals surface area contributed by atoms with Crippen molar-refractivity contribution in [2.45, 2.75) is 51.9 Å². The summed E-state index contributed by atoms with van der Waals surface area (Å²) in [5, 5.41) is 9.79. The number of hydrogen-bond acceptors (Lipinski definition) is 3. The van der Waals surface area contributed by atoms with Crippen LogP contribution in [0.2, 0.25) is 0 Å². The highest BCUT2D eigenvalue weighted by atomic mass is 16.5. The maximum Gasteiger partial charge on any atom is 0.0718 e. The topological polar surface area (TPSA) is 32.7 Å². The molecule has 3 nitrogen and oxygen atoms in total. The number of aliphatic hydroxyl groups is 1. The molecule has 1 saturated heterocycles. The molecule has 0 aromatic carbocycles. The number of β-amino-alcohol motifs (C(OH)–C–C–N with tert-alkyl or cyclic N) is 1. The van der Waals surface area contributed by atoms with E-state index in [1.807, 2.05) is 13.8 Å². The third-order valence-corrected chi connectivity index (χ3v) is 2.64. The molecule has 1 N–H and O–H groups in total. The molecule has 1 fully saturated rings. The van der Waals surface area contributed by atoms with Gasteiger partial charge < -0.3 is 9.84 Å². The van der Waals surface area contributed by atoms with Gasteiger partial charge in [-0.1, -0.05) is 6.92 Å². The van der Waals surface area contributed by atoms with Gasteiger partial charge in [0.2, 0.25) is 0 Å². The molecule has 0 saturated carbocycles. The lowest BCUT2D eigenvalue weighted by Gasteiger charge is -2.40. The van der Waals surface area contributed by atoms with Gasteiger partial charge in [-0.2, -0.15) is 0 Å². The zero-order valence-corrected chi connectivity index (χ0v) is 9.79. The van der Waals surface area contributed by atoms with Crippen LogP contribution in [0, 0.1) is 0 Å². The molecule has 1 aliphatic rings. The van der Waals surface area contributed by atoms with Crippen molar-refractivity contribution < 1.29 is 9.84 Å². The van der Waals surface area contributed by atoms with E-state index in [1.165, 1.54) is 0 Å². The lowest BCUT2D eigenvalue weighted by molar-refractivity contribution is -0.0807. The fraction of sp³-hybridized carbons (Fsp3) is 1.00. The minimum atomic E-state index is -0.607. The molecule has 1 heterocycles. The molecule has 0 spiro atoms. The van der Waals surface area contributed by atoms with Gasteiger partial charge in [-0.25, -0.2) is 0 Å². The van der Waals surface area contributed by atoms with E-state index < -0.39 is 5.60 Å². The minimum Gasteiger partial charge on any atom is -0.389 e. The second-order valence-electron chi connectivity index (χ2n) is 4.95. The SMILES string of the molecule is CCC1COC(C)CN1CC(C)(C)O. The summed E-state index contributed by atoms with van der Waals surface area (Å²) in [5.41, 5.74) is -0.607. The Morgan fingerprint density at radius 1 is 1.50 bits per heavy atom. The predicted molar refractivity (Wildman–Crippen MR) is 57.4 cm³/mol. The summed E-state index contributed by atoms with van der Waals surface area (Å²) < 4.78 is 5.60. The second-order valence-corrected chi connectivity index (χ2v) is 4.95. The van der Waals surface area contributed by atoms with Crippen molar-refractivity contribution in [2.24, 2.45) is 0 Å². The van der Waals surface area contributed by atoms with Crippen molar-refractivity contribution in [3.8, 4) is 0 Å². The van der Waals surface area contributed by atoms with Gasteiger partial charge in [-0.05, 0) is 27.2 Å². The minimum absolute atomic E-state index is 0.292. The molecule has 2 atom stereocenters. The smallest absolute Gasteiger partial charge is 0.0718 e. The Hall–Kier alpha value is -0.120. The summed E-state index contributed by atoms with van der Waals surface area (Å²) in [7, 11) is 0. The molecule has 0 amide bonds. The van der Waals surface area contributed by atoms with E-state index in [-0.39, 0.29) is 0 Å². The van der Waals surface area contributed by atoms with Crippen LogP contribution in [0.5, 0.6) is 0 Å². The zero-order chi connectivity index (χ0) is 10.8. The summed E-state index contributed by atoms with van der Waals surface area (Å²) in [6, 6.07) is 0.470. The maximum absolute atomic E-state index is 9.79. The van der Waals surface area contributed by atoms with E-state index in [2.05, 4.69) is 18.7 Å². The normalized spacial score (nSPS) is 30.6. The average Bonchev–Trinajstić information content (AvgIpc) is 2.01.